The second-order valence-corrected chi connectivity index (χ2v) is 9.42. The summed E-state index contributed by atoms with van der Waals surface area (Å²) >= 11 is 0. The number of ether oxygens (including phenoxy) is 2. The van der Waals surface area contributed by atoms with E-state index >= 15 is 0 Å². The molecule has 2 aromatic rings. The minimum absolute atomic E-state index is 0.155. The summed E-state index contributed by atoms with van der Waals surface area (Å²) < 4.78 is 38.3. The van der Waals surface area contributed by atoms with Crippen LogP contribution in [0.5, 0.6) is 11.5 Å². The molecule has 3 rings (SSSR count). The monoisotopic (exact) mass is 459 g/mol. The van der Waals surface area contributed by atoms with Crippen molar-refractivity contribution in [3.8, 4) is 11.5 Å². The molecule has 1 N–H and O–H groups in total. The average molecular weight is 460 g/mol. The van der Waals surface area contributed by atoms with Gasteiger partial charge in [0.05, 0.1) is 12.0 Å². The number of hydrogen-bond donors (Lipinski definition) is 1. The molecule has 172 valence electrons. The van der Waals surface area contributed by atoms with Crippen molar-refractivity contribution in [2.24, 2.45) is 0 Å². The zero-order valence-corrected chi connectivity index (χ0v) is 19.4. The number of hydrogen-bond acceptors (Lipinski definition) is 6. The van der Waals surface area contributed by atoms with Crippen LogP contribution in [0, 0.1) is 0 Å². The van der Waals surface area contributed by atoms with Crippen molar-refractivity contribution in [1.82, 2.24) is 9.21 Å². The van der Waals surface area contributed by atoms with Crippen LogP contribution >= 0.6 is 0 Å². The second kappa shape index (κ2) is 10.6. The lowest BCUT2D eigenvalue weighted by Crippen LogP contribution is -2.47. The highest BCUT2D eigenvalue weighted by Crippen LogP contribution is 2.28. The molecule has 32 heavy (non-hydrogen) atoms. The highest BCUT2D eigenvalue weighted by Gasteiger charge is 2.27. The molecule has 0 aliphatic carbocycles. The minimum Gasteiger partial charge on any atom is -0.493 e. The average Bonchev–Trinajstić information content (AvgIpc) is 2.79. The lowest BCUT2D eigenvalue weighted by atomic mass is 10.2. The summed E-state index contributed by atoms with van der Waals surface area (Å²) in [5.74, 6) is 0.565. The molecule has 1 saturated heterocycles. The van der Waals surface area contributed by atoms with Gasteiger partial charge in [-0.05, 0) is 49.9 Å². The number of methoxy groups -OCH3 is 1. The number of nitrogens with zero attached hydrogens (tertiary/aromatic N) is 2. The van der Waals surface area contributed by atoms with Gasteiger partial charge in [0, 0.05) is 31.9 Å². The Labute approximate surface area is 189 Å². The molecule has 1 fully saturated rings. The first-order chi connectivity index (χ1) is 15.3. The van der Waals surface area contributed by atoms with Gasteiger partial charge in [0.25, 0.3) is 5.91 Å². The quantitative estimate of drug-likeness (QED) is 0.653. The number of nitrogens with one attached hydrogen (secondary N) is 1. The molecule has 0 aromatic heterocycles. The number of piperazine rings is 1. The highest BCUT2D eigenvalue weighted by atomic mass is 32.2. The Kier molecular flexibility index (Phi) is 7.89. The molecule has 0 saturated carbocycles. The molecule has 1 aliphatic heterocycles. The first-order valence-corrected chi connectivity index (χ1v) is 11.8. The maximum absolute atomic E-state index is 12.9. The van der Waals surface area contributed by atoms with Crippen molar-refractivity contribution in [2.75, 3.05) is 52.3 Å². The second-order valence-electron chi connectivity index (χ2n) is 7.48. The molecule has 8 nitrogen and oxygen atoms in total. The third-order valence-corrected chi connectivity index (χ3v) is 7.02. The summed E-state index contributed by atoms with van der Waals surface area (Å²) in [6, 6.07) is 11.7. The highest BCUT2D eigenvalue weighted by molar-refractivity contribution is 7.89. The molecule has 0 bridgehead atoms. The number of anilines is 1. The zero-order chi connectivity index (χ0) is 23.1. The normalized spacial score (nSPS) is 15.6. The number of rotatable bonds is 8. The Bertz CT molecular complexity index is 1080. The van der Waals surface area contributed by atoms with E-state index in [-0.39, 0.29) is 11.5 Å². The Morgan fingerprint density at radius 1 is 1.09 bits per heavy atom. The van der Waals surface area contributed by atoms with E-state index in [1.165, 1.54) is 23.5 Å². The fraction of sp³-hybridized carbons (Fsp3) is 0.348. The van der Waals surface area contributed by atoms with Gasteiger partial charge in [-0.3, -0.25) is 4.79 Å². The van der Waals surface area contributed by atoms with Gasteiger partial charge >= 0.3 is 0 Å². The maximum Gasteiger partial charge on any atom is 0.262 e. The van der Waals surface area contributed by atoms with Crippen LogP contribution in [0.15, 0.2) is 53.4 Å². The standard InChI is InChI=1S/C23H29N3O5S/c1-4-6-18-9-10-21(22(15-18)30-3)31-17-23(27)24-19-7-5-8-20(16-19)32(28,29)26-13-11-25(2)12-14-26/h4-10,15-16H,11-14,17H2,1-3H3,(H,24,27)/b6-4+. The predicted octanol–water partition coefficient (Wildman–Crippen LogP) is 2.68. The number of benzene rings is 2. The fourth-order valence-electron chi connectivity index (χ4n) is 3.35. The van der Waals surface area contributed by atoms with Crippen molar-refractivity contribution in [1.29, 1.82) is 0 Å². The third-order valence-electron chi connectivity index (χ3n) is 5.12. The first-order valence-electron chi connectivity index (χ1n) is 10.4. The summed E-state index contributed by atoms with van der Waals surface area (Å²) in [7, 11) is -0.113. The number of carbonyl (C=O) groups is 1. The number of amides is 1. The van der Waals surface area contributed by atoms with Gasteiger partial charge in [-0.2, -0.15) is 4.31 Å². The Morgan fingerprint density at radius 2 is 1.84 bits per heavy atom. The number of allylic oxidation sites excluding steroid dienone is 1. The van der Waals surface area contributed by atoms with Crippen LogP contribution in [-0.2, 0) is 14.8 Å². The summed E-state index contributed by atoms with van der Waals surface area (Å²) in [5, 5.41) is 2.70. The molecule has 1 amide bonds. The fourth-order valence-corrected chi connectivity index (χ4v) is 4.82. The van der Waals surface area contributed by atoms with E-state index in [4.69, 9.17) is 9.47 Å². The van der Waals surface area contributed by atoms with Crippen molar-refractivity contribution >= 4 is 27.7 Å². The van der Waals surface area contributed by atoms with E-state index in [1.54, 1.807) is 18.2 Å². The van der Waals surface area contributed by atoms with Crippen LogP contribution in [0.4, 0.5) is 5.69 Å². The molecule has 2 aromatic carbocycles. The van der Waals surface area contributed by atoms with Gasteiger partial charge in [0.15, 0.2) is 18.1 Å². The van der Waals surface area contributed by atoms with E-state index in [9.17, 15) is 13.2 Å². The van der Waals surface area contributed by atoms with Gasteiger partial charge in [-0.25, -0.2) is 8.42 Å². The zero-order valence-electron chi connectivity index (χ0n) is 18.6. The van der Waals surface area contributed by atoms with Crippen LogP contribution in [0.25, 0.3) is 6.08 Å². The molecule has 0 unspecified atom stereocenters. The Balaban J connectivity index is 1.64. The SMILES string of the molecule is C/C=C/c1ccc(OCC(=O)Nc2cccc(S(=O)(=O)N3CCN(C)CC3)c2)c(OC)c1. The summed E-state index contributed by atoms with van der Waals surface area (Å²) in [5.41, 5.74) is 1.35. The van der Waals surface area contributed by atoms with E-state index in [2.05, 4.69) is 10.2 Å². The molecular weight excluding hydrogens is 430 g/mol. The van der Waals surface area contributed by atoms with E-state index < -0.39 is 15.9 Å². The lowest BCUT2D eigenvalue weighted by Gasteiger charge is -2.31. The number of sulfonamides is 1. The van der Waals surface area contributed by atoms with Gasteiger partial charge in [0.2, 0.25) is 10.0 Å². The van der Waals surface area contributed by atoms with E-state index in [0.29, 0.717) is 43.4 Å². The maximum atomic E-state index is 12.9. The summed E-state index contributed by atoms with van der Waals surface area (Å²) in [4.78, 5) is 14.6. The number of carbonyl (C=O) groups excluding carboxylic acids is 1. The van der Waals surface area contributed by atoms with Crippen molar-refractivity contribution in [2.45, 2.75) is 11.8 Å². The summed E-state index contributed by atoms with van der Waals surface area (Å²) in [6.45, 7) is 3.94. The van der Waals surface area contributed by atoms with Crippen LogP contribution in [0.3, 0.4) is 0 Å². The number of likely N-dealkylation sites (N-methyl/N-ethyl adjacent to an activating group) is 1. The Hall–Kier alpha value is -2.88. The lowest BCUT2D eigenvalue weighted by molar-refractivity contribution is -0.118. The van der Waals surface area contributed by atoms with E-state index in [0.717, 1.165) is 5.56 Å². The van der Waals surface area contributed by atoms with Gasteiger partial charge < -0.3 is 19.7 Å². The molecule has 9 heteroatoms. The largest absolute Gasteiger partial charge is 0.493 e. The van der Waals surface area contributed by atoms with Gasteiger partial charge in [-0.1, -0.05) is 24.3 Å². The molecule has 1 heterocycles. The van der Waals surface area contributed by atoms with Crippen LogP contribution < -0.4 is 14.8 Å². The third kappa shape index (κ3) is 5.87. The topological polar surface area (TPSA) is 88.2 Å². The van der Waals surface area contributed by atoms with Crippen molar-refractivity contribution in [3.05, 3.63) is 54.1 Å². The van der Waals surface area contributed by atoms with Crippen LogP contribution in [0.2, 0.25) is 0 Å². The molecule has 0 radical (unpaired) electrons. The molecular formula is C23H29N3O5S. The van der Waals surface area contributed by atoms with Crippen LogP contribution in [0.1, 0.15) is 12.5 Å². The predicted molar refractivity (Wildman–Crippen MR) is 125 cm³/mol. The smallest absolute Gasteiger partial charge is 0.262 e. The van der Waals surface area contributed by atoms with Crippen LogP contribution in [-0.4, -0.2) is 70.5 Å². The van der Waals surface area contributed by atoms with Crippen molar-refractivity contribution in [3.63, 3.8) is 0 Å². The molecule has 1 aliphatic rings. The van der Waals surface area contributed by atoms with Crippen molar-refractivity contribution < 1.29 is 22.7 Å². The van der Waals surface area contributed by atoms with E-state index in [1.807, 2.05) is 38.3 Å². The summed E-state index contributed by atoms with van der Waals surface area (Å²) in [6.07, 6.45) is 3.85. The van der Waals surface area contributed by atoms with Gasteiger partial charge in [-0.15, -0.1) is 0 Å². The molecule has 0 atom stereocenters. The molecule has 0 spiro atoms. The first kappa shape index (κ1) is 23.8. The minimum atomic E-state index is -3.61. The Morgan fingerprint density at radius 3 is 2.53 bits per heavy atom. The van der Waals surface area contributed by atoms with Gasteiger partial charge in [0.1, 0.15) is 0 Å².